The number of nitro groups is 1. The van der Waals surface area contributed by atoms with E-state index in [-0.39, 0.29) is 22.6 Å². The van der Waals surface area contributed by atoms with Crippen LogP contribution in [0.2, 0.25) is 0 Å². The lowest BCUT2D eigenvalue weighted by Crippen LogP contribution is -2.36. The Morgan fingerprint density at radius 2 is 2.00 bits per heavy atom. The molecule has 0 bridgehead atoms. The molecule has 7 nitrogen and oxygen atoms in total. The van der Waals surface area contributed by atoms with Gasteiger partial charge in [0.15, 0.2) is 5.17 Å². The van der Waals surface area contributed by atoms with Crippen molar-refractivity contribution in [2.75, 3.05) is 18.9 Å². The van der Waals surface area contributed by atoms with Crippen LogP contribution in [0.15, 0.2) is 53.5 Å². The topological polar surface area (TPSA) is 85.0 Å². The molecule has 2 saturated heterocycles. The largest absolute Gasteiger partial charge is 0.376 e. The number of amides is 1. The highest BCUT2D eigenvalue weighted by molar-refractivity contribution is 8.15. The lowest BCUT2D eigenvalue weighted by atomic mass is 10.0. The van der Waals surface area contributed by atoms with Crippen molar-refractivity contribution in [1.82, 2.24) is 4.90 Å². The molecule has 28 heavy (non-hydrogen) atoms. The van der Waals surface area contributed by atoms with Gasteiger partial charge >= 0.3 is 0 Å². The minimum Gasteiger partial charge on any atom is -0.376 e. The van der Waals surface area contributed by atoms with E-state index in [0.29, 0.717) is 28.7 Å². The number of nitrogens with zero attached hydrogens (tertiary/aromatic N) is 3. The second-order valence-corrected chi connectivity index (χ2v) is 7.59. The van der Waals surface area contributed by atoms with Gasteiger partial charge in [-0.1, -0.05) is 36.0 Å². The Hall–Kier alpha value is -2.71. The van der Waals surface area contributed by atoms with E-state index in [1.807, 2.05) is 24.3 Å². The van der Waals surface area contributed by atoms with Crippen LogP contribution in [0.4, 0.5) is 11.4 Å². The third-order valence-electron chi connectivity index (χ3n) is 4.77. The number of carbonyl (C=O) groups is 1. The molecule has 1 amide bonds. The molecule has 0 radical (unpaired) electrons. The Balaban J connectivity index is 1.55. The predicted octanol–water partition coefficient (Wildman–Crippen LogP) is 4.00. The lowest BCUT2D eigenvalue weighted by molar-refractivity contribution is -0.384. The molecule has 8 heteroatoms. The number of thioether (sulfide) groups is 1. The van der Waals surface area contributed by atoms with Gasteiger partial charge in [-0.25, -0.2) is 4.99 Å². The van der Waals surface area contributed by atoms with Gasteiger partial charge in [-0.05, 0) is 36.6 Å². The summed E-state index contributed by atoms with van der Waals surface area (Å²) >= 11 is 1.43. The number of hydrogen-bond acceptors (Lipinski definition) is 6. The van der Waals surface area contributed by atoms with Gasteiger partial charge in [-0.2, -0.15) is 0 Å². The van der Waals surface area contributed by atoms with E-state index in [0.717, 1.165) is 25.0 Å². The van der Waals surface area contributed by atoms with Gasteiger partial charge in [0, 0.05) is 12.7 Å². The molecule has 0 spiro atoms. The van der Waals surface area contributed by atoms with Crippen LogP contribution in [0.25, 0.3) is 11.1 Å². The zero-order valence-electron chi connectivity index (χ0n) is 15.1. The number of benzene rings is 2. The molecule has 0 N–H and O–H groups in total. The number of ether oxygens (including phenoxy) is 1. The summed E-state index contributed by atoms with van der Waals surface area (Å²) in [6.07, 6.45) is 2.07. The molecule has 2 aromatic rings. The fraction of sp³-hybridized carbons (Fsp3) is 0.300. The van der Waals surface area contributed by atoms with Crippen molar-refractivity contribution in [3.05, 3.63) is 58.6 Å². The van der Waals surface area contributed by atoms with Crippen LogP contribution in [0.5, 0.6) is 0 Å². The van der Waals surface area contributed by atoms with Gasteiger partial charge in [0.05, 0.1) is 34.6 Å². The summed E-state index contributed by atoms with van der Waals surface area (Å²) in [7, 11) is 0. The van der Waals surface area contributed by atoms with Crippen molar-refractivity contribution in [1.29, 1.82) is 0 Å². The molecule has 1 unspecified atom stereocenters. The number of carbonyl (C=O) groups excluding carboxylic acids is 1. The van der Waals surface area contributed by atoms with Crippen LogP contribution >= 0.6 is 11.8 Å². The summed E-state index contributed by atoms with van der Waals surface area (Å²) in [6.45, 7) is 1.29. The normalized spacial score (nSPS) is 20.9. The van der Waals surface area contributed by atoms with Crippen molar-refractivity contribution in [2.45, 2.75) is 18.9 Å². The van der Waals surface area contributed by atoms with E-state index in [9.17, 15) is 14.9 Å². The van der Waals surface area contributed by atoms with Gasteiger partial charge in [0.2, 0.25) is 5.91 Å². The van der Waals surface area contributed by atoms with Crippen molar-refractivity contribution in [3.63, 3.8) is 0 Å². The molecule has 0 aliphatic carbocycles. The van der Waals surface area contributed by atoms with Gasteiger partial charge in [-0.3, -0.25) is 19.8 Å². The van der Waals surface area contributed by atoms with Gasteiger partial charge in [-0.15, -0.1) is 0 Å². The SMILES string of the molecule is O=C1CSC(=Nc2ccc(-c3ccccc3[N+](=O)[O-])cc2)N1CC1CCCO1. The van der Waals surface area contributed by atoms with E-state index in [1.165, 1.54) is 17.8 Å². The van der Waals surface area contributed by atoms with Crippen LogP contribution < -0.4 is 0 Å². The monoisotopic (exact) mass is 397 g/mol. The minimum absolute atomic E-state index is 0.0516. The van der Waals surface area contributed by atoms with E-state index in [2.05, 4.69) is 4.99 Å². The first kappa shape index (κ1) is 18.6. The first-order valence-electron chi connectivity index (χ1n) is 9.09. The first-order chi connectivity index (χ1) is 13.6. The Morgan fingerprint density at radius 1 is 1.21 bits per heavy atom. The van der Waals surface area contributed by atoms with Crippen LogP contribution in [0.1, 0.15) is 12.8 Å². The maximum absolute atomic E-state index is 12.2. The number of hydrogen-bond donors (Lipinski definition) is 0. The van der Waals surface area contributed by atoms with Crippen LogP contribution in [-0.4, -0.2) is 45.9 Å². The highest BCUT2D eigenvalue weighted by Crippen LogP contribution is 2.31. The number of nitro benzene ring substituents is 1. The molecule has 144 valence electrons. The summed E-state index contributed by atoms with van der Waals surface area (Å²) in [5.74, 6) is 0.440. The molecule has 2 heterocycles. The average Bonchev–Trinajstić information content (AvgIpc) is 3.34. The molecule has 4 rings (SSSR count). The van der Waals surface area contributed by atoms with Gasteiger partial charge < -0.3 is 4.74 Å². The molecular weight excluding hydrogens is 378 g/mol. The first-order valence-corrected chi connectivity index (χ1v) is 10.1. The highest BCUT2D eigenvalue weighted by Gasteiger charge is 2.31. The number of aliphatic imine (C=N–C) groups is 1. The van der Waals surface area contributed by atoms with Crippen molar-refractivity contribution < 1.29 is 14.5 Å². The smallest absolute Gasteiger partial charge is 0.277 e. The molecule has 2 aromatic carbocycles. The summed E-state index contributed by atoms with van der Waals surface area (Å²) in [6, 6.07) is 13.9. The fourth-order valence-corrected chi connectivity index (χ4v) is 4.27. The van der Waals surface area contributed by atoms with Gasteiger partial charge in [0.1, 0.15) is 0 Å². The Kier molecular flexibility index (Phi) is 5.40. The minimum atomic E-state index is -0.382. The molecule has 0 aromatic heterocycles. The molecular formula is C20H19N3O4S. The van der Waals surface area contributed by atoms with E-state index in [1.54, 1.807) is 23.1 Å². The van der Waals surface area contributed by atoms with Gasteiger partial charge in [0.25, 0.3) is 5.69 Å². The Morgan fingerprint density at radius 3 is 2.71 bits per heavy atom. The number of rotatable bonds is 5. The molecule has 2 fully saturated rings. The second kappa shape index (κ2) is 8.12. The summed E-state index contributed by atoms with van der Waals surface area (Å²) < 4.78 is 5.64. The average molecular weight is 397 g/mol. The fourth-order valence-electron chi connectivity index (χ4n) is 3.36. The third kappa shape index (κ3) is 3.93. The van der Waals surface area contributed by atoms with Crippen LogP contribution in [-0.2, 0) is 9.53 Å². The summed E-state index contributed by atoms with van der Waals surface area (Å²) in [5, 5.41) is 11.9. The number of para-hydroxylation sites is 1. The van der Waals surface area contributed by atoms with Crippen molar-refractivity contribution in [3.8, 4) is 11.1 Å². The Bertz CT molecular complexity index is 923. The standard InChI is InChI=1S/C20H19N3O4S/c24-19-13-28-20(22(19)12-16-4-3-11-27-16)21-15-9-7-14(8-10-15)17-5-1-2-6-18(17)23(25)26/h1-2,5-10,16H,3-4,11-13H2. The zero-order valence-corrected chi connectivity index (χ0v) is 15.9. The van der Waals surface area contributed by atoms with Crippen LogP contribution in [0, 0.1) is 10.1 Å². The maximum Gasteiger partial charge on any atom is 0.277 e. The molecule has 2 aliphatic rings. The van der Waals surface area contributed by atoms with Crippen molar-refractivity contribution >= 4 is 34.2 Å². The Labute approximate surface area is 166 Å². The summed E-state index contributed by atoms with van der Waals surface area (Å²) in [5.41, 5.74) is 2.10. The van der Waals surface area contributed by atoms with E-state index in [4.69, 9.17) is 4.74 Å². The van der Waals surface area contributed by atoms with Crippen LogP contribution in [0.3, 0.4) is 0 Å². The van der Waals surface area contributed by atoms with E-state index < -0.39 is 0 Å². The second-order valence-electron chi connectivity index (χ2n) is 6.64. The lowest BCUT2D eigenvalue weighted by Gasteiger charge is -2.19. The zero-order chi connectivity index (χ0) is 19.5. The predicted molar refractivity (Wildman–Crippen MR) is 109 cm³/mol. The maximum atomic E-state index is 12.2. The summed E-state index contributed by atoms with van der Waals surface area (Å²) in [4.78, 5) is 29.4. The van der Waals surface area contributed by atoms with Crippen molar-refractivity contribution in [2.24, 2.45) is 4.99 Å². The molecule has 0 saturated carbocycles. The van der Waals surface area contributed by atoms with E-state index >= 15 is 0 Å². The molecule has 1 atom stereocenters. The third-order valence-corrected chi connectivity index (χ3v) is 5.73. The number of amidine groups is 1. The highest BCUT2D eigenvalue weighted by atomic mass is 32.2. The molecule has 2 aliphatic heterocycles. The quantitative estimate of drug-likeness (QED) is 0.562.